The highest BCUT2D eigenvalue weighted by atomic mass is 32.1. The van der Waals surface area contributed by atoms with Crippen molar-refractivity contribution in [1.29, 1.82) is 0 Å². The van der Waals surface area contributed by atoms with E-state index in [-0.39, 0.29) is 0 Å². The van der Waals surface area contributed by atoms with Gasteiger partial charge in [-0.3, -0.25) is 0 Å². The van der Waals surface area contributed by atoms with Gasteiger partial charge in [-0.05, 0) is 24.8 Å². The first-order valence-corrected chi connectivity index (χ1v) is 7.31. The Hall–Kier alpha value is -1.82. The number of aromatic nitrogens is 5. The monoisotopic (exact) mass is 271 g/mol. The van der Waals surface area contributed by atoms with Gasteiger partial charge in [0.05, 0.1) is 6.20 Å². The molecule has 0 bridgehead atoms. The number of rotatable bonds is 4. The van der Waals surface area contributed by atoms with Crippen LogP contribution in [-0.4, -0.2) is 24.8 Å². The zero-order valence-corrected chi connectivity index (χ0v) is 11.2. The first kappa shape index (κ1) is 11.0. The molecule has 1 aliphatic carbocycles. The van der Waals surface area contributed by atoms with Crippen molar-refractivity contribution in [1.82, 2.24) is 24.8 Å². The predicted octanol–water partition coefficient (Wildman–Crippen LogP) is 2.24. The molecule has 0 aromatic carbocycles. The van der Waals surface area contributed by atoms with Crippen molar-refractivity contribution < 1.29 is 0 Å². The minimum atomic E-state index is 0.702. The van der Waals surface area contributed by atoms with Crippen LogP contribution in [0.25, 0.3) is 5.65 Å². The molecule has 3 aromatic rings. The van der Waals surface area contributed by atoms with E-state index in [1.54, 1.807) is 17.5 Å². The van der Waals surface area contributed by atoms with Gasteiger partial charge in [0.1, 0.15) is 10.0 Å². The maximum Gasteiger partial charge on any atom is 0.154 e. The van der Waals surface area contributed by atoms with Gasteiger partial charge in [0.15, 0.2) is 5.65 Å². The predicted molar refractivity (Wildman–Crippen MR) is 72.3 cm³/mol. The van der Waals surface area contributed by atoms with E-state index in [9.17, 15) is 0 Å². The lowest BCUT2D eigenvalue weighted by atomic mass is 10.2. The Morgan fingerprint density at radius 3 is 3.11 bits per heavy atom. The molecule has 0 spiro atoms. The average molecular weight is 271 g/mol. The lowest BCUT2D eigenvalue weighted by molar-refractivity contribution is 0.856. The molecule has 1 fully saturated rings. The number of hydrogen-bond acceptors (Lipinski definition) is 5. The Morgan fingerprint density at radius 1 is 1.26 bits per heavy atom. The van der Waals surface area contributed by atoms with Crippen molar-refractivity contribution in [3.8, 4) is 0 Å². The van der Waals surface area contributed by atoms with Crippen molar-refractivity contribution in [3.05, 3.63) is 40.2 Å². The minimum absolute atomic E-state index is 0.702. The molecule has 4 rings (SSSR count). The van der Waals surface area contributed by atoms with Crippen molar-refractivity contribution >= 4 is 17.0 Å². The van der Waals surface area contributed by atoms with E-state index in [2.05, 4.69) is 20.3 Å². The molecule has 3 aromatic heterocycles. The zero-order valence-electron chi connectivity index (χ0n) is 10.4. The van der Waals surface area contributed by atoms with Crippen LogP contribution in [0.2, 0.25) is 0 Å². The number of fused-ring (bicyclic) bond motifs is 1. The maximum absolute atomic E-state index is 4.36. The summed E-state index contributed by atoms with van der Waals surface area (Å²) in [6.45, 7) is 0. The summed E-state index contributed by atoms with van der Waals surface area (Å²) in [5.74, 6) is 0.702. The van der Waals surface area contributed by atoms with Gasteiger partial charge in [-0.1, -0.05) is 0 Å². The summed E-state index contributed by atoms with van der Waals surface area (Å²) in [7, 11) is 0. The Bertz CT molecular complexity index is 712. The standard InChI is InChI=1S/C13H13N5S/c1(4-12-16-17-13(19-12)10-2-3-10)9-7-14-11-5-6-15-18(11)8-9/h5-8,10H,1-4H2. The smallest absolute Gasteiger partial charge is 0.154 e. The van der Waals surface area contributed by atoms with Crippen LogP contribution >= 0.6 is 11.3 Å². The maximum atomic E-state index is 4.36. The topological polar surface area (TPSA) is 56.0 Å². The third-order valence-corrected chi connectivity index (χ3v) is 4.48. The van der Waals surface area contributed by atoms with Crippen LogP contribution in [0.5, 0.6) is 0 Å². The Morgan fingerprint density at radius 2 is 2.21 bits per heavy atom. The second-order valence-electron chi connectivity index (χ2n) is 4.90. The highest BCUT2D eigenvalue weighted by Crippen LogP contribution is 2.41. The molecule has 1 saturated carbocycles. The Labute approximate surface area is 114 Å². The zero-order chi connectivity index (χ0) is 12.7. The van der Waals surface area contributed by atoms with Gasteiger partial charge in [-0.25, -0.2) is 9.50 Å². The fraction of sp³-hybridized carbons (Fsp3) is 0.385. The van der Waals surface area contributed by atoms with E-state index in [1.807, 2.05) is 23.0 Å². The molecular weight excluding hydrogens is 258 g/mol. The van der Waals surface area contributed by atoms with Gasteiger partial charge in [0.25, 0.3) is 0 Å². The lowest BCUT2D eigenvalue weighted by Crippen LogP contribution is -1.96. The van der Waals surface area contributed by atoms with Gasteiger partial charge < -0.3 is 0 Å². The van der Waals surface area contributed by atoms with E-state index < -0.39 is 0 Å². The largest absolute Gasteiger partial charge is 0.237 e. The van der Waals surface area contributed by atoms with Crippen LogP contribution in [0, 0.1) is 0 Å². The Balaban J connectivity index is 1.47. The van der Waals surface area contributed by atoms with E-state index in [4.69, 9.17) is 0 Å². The van der Waals surface area contributed by atoms with Crippen LogP contribution in [0.3, 0.4) is 0 Å². The van der Waals surface area contributed by atoms with Crippen molar-refractivity contribution in [2.75, 3.05) is 0 Å². The molecule has 0 aliphatic heterocycles. The molecule has 0 amide bonds. The summed E-state index contributed by atoms with van der Waals surface area (Å²) in [5.41, 5.74) is 2.06. The molecule has 6 heteroatoms. The van der Waals surface area contributed by atoms with E-state index in [0.29, 0.717) is 5.92 Å². The third kappa shape index (κ3) is 2.23. The second kappa shape index (κ2) is 4.38. The molecule has 0 saturated heterocycles. The molecule has 19 heavy (non-hydrogen) atoms. The molecule has 5 nitrogen and oxygen atoms in total. The normalized spacial score (nSPS) is 15.2. The van der Waals surface area contributed by atoms with Crippen molar-refractivity contribution in [2.24, 2.45) is 0 Å². The second-order valence-corrected chi connectivity index (χ2v) is 6.00. The number of hydrogen-bond donors (Lipinski definition) is 0. The Kier molecular flexibility index (Phi) is 2.55. The summed E-state index contributed by atoms with van der Waals surface area (Å²) < 4.78 is 1.81. The third-order valence-electron chi connectivity index (χ3n) is 3.34. The van der Waals surface area contributed by atoms with Crippen LogP contribution in [0.1, 0.15) is 34.3 Å². The summed E-state index contributed by atoms with van der Waals surface area (Å²) in [6, 6.07) is 1.90. The lowest BCUT2D eigenvalue weighted by Gasteiger charge is -1.99. The van der Waals surface area contributed by atoms with Gasteiger partial charge >= 0.3 is 0 Å². The number of nitrogens with zero attached hydrogens (tertiary/aromatic N) is 5. The molecule has 96 valence electrons. The van der Waals surface area contributed by atoms with Crippen LogP contribution in [0.4, 0.5) is 0 Å². The molecule has 0 unspecified atom stereocenters. The summed E-state index contributed by atoms with van der Waals surface area (Å²) >= 11 is 1.76. The van der Waals surface area contributed by atoms with Gasteiger partial charge in [-0.15, -0.1) is 21.5 Å². The molecular formula is C13H13N5S. The van der Waals surface area contributed by atoms with Crippen LogP contribution in [-0.2, 0) is 12.8 Å². The summed E-state index contributed by atoms with van der Waals surface area (Å²) in [4.78, 5) is 4.36. The van der Waals surface area contributed by atoms with Crippen molar-refractivity contribution in [3.63, 3.8) is 0 Å². The first-order valence-electron chi connectivity index (χ1n) is 6.49. The SMILES string of the molecule is c1cc2ncc(CCc3nnc(C4CC4)s3)cn2n1. The van der Waals surface area contributed by atoms with Gasteiger partial charge in [0, 0.05) is 30.8 Å². The molecule has 1 aliphatic rings. The minimum Gasteiger partial charge on any atom is -0.237 e. The summed E-state index contributed by atoms with van der Waals surface area (Å²) in [6.07, 6.45) is 10.1. The molecule has 3 heterocycles. The van der Waals surface area contributed by atoms with Crippen LogP contribution in [0.15, 0.2) is 24.7 Å². The van der Waals surface area contributed by atoms with Crippen LogP contribution < -0.4 is 0 Å². The highest BCUT2D eigenvalue weighted by Gasteiger charge is 2.27. The molecule has 0 N–H and O–H groups in total. The van der Waals surface area contributed by atoms with Gasteiger partial charge in [0.2, 0.25) is 0 Å². The highest BCUT2D eigenvalue weighted by molar-refractivity contribution is 7.11. The first-order chi connectivity index (χ1) is 9.38. The fourth-order valence-corrected chi connectivity index (χ4v) is 3.10. The number of aryl methyl sites for hydroxylation is 2. The summed E-state index contributed by atoms with van der Waals surface area (Å²) in [5, 5.41) is 15.1. The van der Waals surface area contributed by atoms with E-state index in [0.717, 1.165) is 23.5 Å². The van der Waals surface area contributed by atoms with Gasteiger partial charge in [-0.2, -0.15) is 5.10 Å². The average Bonchev–Trinajstić information content (AvgIpc) is 3.01. The van der Waals surface area contributed by atoms with E-state index in [1.165, 1.54) is 23.4 Å². The van der Waals surface area contributed by atoms with E-state index >= 15 is 0 Å². The van der Waals surface area contributed by atoms with Crippen molar-refractivity contribution in [2.45, 2.75) is 31.6 Å². The molecule has 0 atom stereocenters. The fourth-order valence-electron chi connectivity index (χ4n) is 2.09. The molecule has 0 radical (unpaired) electrons. The quantitative estimate of drug-likeness (QED) is 0.730.